The van der Waals surface area contributed by atoms with Gasteiger partial charge in [-0.25, -0.2) is 4.79 Å². The van der Waals surface area contributed by atoms with Crippen molar-refractivity contribution in [3.05, 3.63) is 22.2 Å². The molecule has 0 atom stereocenters. The second-order valence-corrected chi connectivity index (χ2v) is 8.11. The molecule has 1 heterocycles. The molecule has 28 heavy (non-hydrogen) atoms. The Bertz CT molecular complexity index is 722. The number of piperidine rings is 1. The summed E-state index contributed by atoms with van der Waals surface area (Å²) in [5, 5.41) is 14.2. The van der Waals surface area contributed by atoms with Crippen LogP contribution in [-0.4, -0.2) is 61.9 Å². The molecule has 0 aromatic heterocycles. The number of rotatable bonds is 5. The van der Waals surface area contributed by atoms with Crippen molar-refractivity contribution in [1.82, 2.24) is 4.90 Å². The van der Waals surface area contributed by atoms with Gasteiger partial charge in [0.25, 0.3) is 5.69 Å². The predicted octanol–water partition coefficient (Wildman–Crippen LogP) is 3.48. The third-order valence-electron chi connectivity index (χ3n) is 4.66. The zero-order chi connectivity index (χ0) is 21.1. The molecule has 1 amide bonds. The molecule has 0 bridgehead atoms. The van der Waals surface area contributed by atoms with Crippen molar-refractivity contribution >= 4 is 23.2 Å². The van der Waals surface area contributed by atoms with E-state index >= 15 is 0 Å². The summed E-state index contributed by atoms with van der Waals surface area (Å²) < 4.78 is 10.6. The number of nitro groups is 1. The van der Waals surface area contributed by atoms with E-state index in [0.29, 0.717) is 30.6 Å². The van der Waals surface area contributed by atoms with E-state index in [1.54, 1.807) is 26.8 Å². The van der Waals surface area contributed by atoms with E-state index in [0.717, 1.165) is 12.8 Å². The van der Waals surface area contributed by atoms with E-state index < -0.39 is 16.6 Å². The van der Waals surface area contributed by atoms with Crippen LogP contribution >= 0.6 is 0 Å². The van der Waals surface area contributed by atoms with Crippen LogP contribution in [0.5, 0.6) is 5.75 Å². The molecule has 0 unspecified atom stereocenters. The number of benzene rings is 1. The van der Waals surface area contributed by atoms with Gasteiger partial charge in [0.05, 0.1) is 17.7 Å². The molecule has 0 spiro atoms. The summed E-state index contributed by atoms with van der Waals surface area (Å²) >= 11 is 0. The second kappa shape index (κ2) is 8.64. The van der Waals surface area contributed by atoms with E-state index in [9.17, 15) is 14.9 Å². The number of ether oxygens (including phenoxy) is 2. The Kier molecular flexibility index (Phi) is 6.71. The molecule has 1 aliphatic rings. The van der Waals surface area contributed by atoms with E-state index in [2.05, 4.69) is 10.2 Å². The fourth-order valence-corrected chi connectivity index (χ4v) is 3.26. The average molecular weight is 394 g/mol. The van der Waals surface area contributed by atoms with Gasteiger partial charge in [-0.2, -0.15) is 0 Å². The first-order valence-corrected chi connectivity index (χ1v) is 9.29. The Balaban J connectivity index is 2.30. The van der Waals surface area contributed by atoms with E-state index in [-0.39, 0.29) is 11.4 Å². The van der Waals surface area contributed by atoms with E-state index in [1.165, 1.54) is 13.2 Å². The Hall–Kier alpha value is -2.55. The molecule has 9 nitrogen and oxygen atoms in total. The van der Waals surface area contributed by atoms with E-state index in [1.807, 2.05) is 19.0 Å². The zero-order valence-electron chi connectivity index (χ0n) is 17.4. The summed E-state index contributed by atoms with van der Waals surface area (Å²) in [6.07, 6.45) is 1.15. The third-order valence-corrected chi connectivity index (χ3v) is 4.66. The van der Waals surface area contributed by atoms with E-state index in [4.69, 9.17) is 9.47 Å². The quantitative estimate of drug-likeness (QED) is 0.603. The van der Waals surface area contributed by atoms with Gasteiger partial charge in [-0.3, -0.25) is 15.4 Å². The molecule has 1 aromatic carbocycles. The number of amides is 1. The number of nitrogens with one attached hydrogen (secondary N) is 1. The zero-order valence-corrected chi connectivity index (χ0v) is 17.4. The molecule has 1 fully saturated rings. The molecule has 2 rings (SSSR count). The molecule has 1 N–H and O–H groups in total. The van der Waals surface area contributed by atoms with Crippen LogP contribution in [0, 0.1) is 10.1 Å². The van der Waals surface area contributed by atoms with Crippen molar-refractivity contribution < 1.29 is 19.2 Å². The minimum absolute atomic E-state index is 0.0739. The van der Waals surface area contributed by atoms with Crippen LogP contribution in [0.2, 0.25) is 0 Å². The number of nitrogens with zero attached hydrogens (tertiary/aromatic N) is 3. The summed E-state index contributed by atoms with van der Waals surface area (Å²) in [6.45, 7) is 6.66. The molecule has 0 aliphatic carbocycles. The lowest BCUT2D eigenvalue weighted by molar-refractivity contribution is -0.384. The third kappa shape index (κ3) is 5.48. The van der Waals surface area contributed by atoms with Crippen LogP contribution in [0.15, 0.2) is 12.1 Å². The molecular weight excluding hydrogens is 364 g/mol. The number of carbonyl (C=O) groups is 1. The Morgan fingerprint density at radius 2 is 1.89 bits per heavy atom. The normalized spacial score (nSPS) is 15.5. The summed E-state index contributed by atoms with van der Waals surface area (Å²) in [6, 6.07) is 3.40. The molecular formula is C19H30N4O5. The van der Waals surface area contributed by atoms with Crippen LogP contribution in [0.3, 0.4) is 0 Å². The monoisotopic (exact) mass is 394 g/mol. The number of anilines is 2. The van der Waals surface area contributed by atoms with Gasteiger partial charge in [0.2, 0.25) is 0 Å². The molecule has 0 radical (unpaired) electrons. The van der Waals surface area contributed by atoms with Gasteiger partial charge in [-0.15, -0.1) is 0 Å². The Morgan fingerprint density at radius 3 is 2.36 bits per heavy atom. The van der Waals surface area contributed by atoms with Gasteiger partial charge < -0.3 is 19.3 Å². The lowest BCUT2D eigenvalue weighted by Gasteiger charge is -2.36. The topological polar surface area (TPSA) is 97.2 Å². The van der Waals surface area contributed by atoms with Crippen molar-refractivity contribution in [3.8, 4) is 5.75 Å². The first-order chi connectivity index (χ1) is 13.0. The van der Waals surface area contributed by atoms with Crippen molar-refractivity contribution in [2.24, 2.45) is 0 Å². The summed E-state index contributed by atoms with van der Waals surface area (Å²) in [7, 11) is 5.55. The summed E-state index contributed by atoms with van der Waals surface area (Å²) in [5.41, 5.74) is -0.0562. The maximum absolute atomic E-state index is 12.1. The smallest absolute Gasteiger partial charge is 0.412 e. The summed E-state index contributed by atoms with van der Waals surface area (Å²) in [5.74, 6) is 0.348. The van der Waals surface area contributed by atoms with Crippen molar-refractivity contribution in [1.29, 1.82) is 0 Å². The van der Waals surface area contributed by atoms with Gasteiger partial charge >= 0.3 is 6.09 Å². The van der Waals surface area contributed by atoms with Gasteiger partial charge in [-0.1, -0.05) is 0 Å². The minimum atomic E-state index is -0.695. The van der Waals surface area contributed by atoms with Crippen LogP contribution in [0.25, 0.3) is 0 Å². The van der Waals surface area contributed by atoms with Gasteiger partial charge in [0.15, 0.2) is 0 Å². The highest BCUT2D eigenvalue weighted by Crippen LogP contribution is 2.39. The number of nitro benzene ring substituents is 1. The molecule has 9 heteroatoms. The van der Waals surface area contributed by atoms with Crippen molar-refractivity contribution in [2.45, 2.75) is 45.3 Å². The standard InChI is InChI=1S/C19H30N4O5/c1-19(2,3)28-18(24)20-14-11-16(23(25)26)15(12-17(14)27-6)22-9-7-13(8-10-22)21(4)5/h11-13H,7-10H2,1-6H3,(H,20,24). The molecule has 1 aliphatic heterocycles. The predicted molar refractivity (Wildman–Crippen MR) is 108 cm³/mol. The van der Waals surface area contributed by atoms with Crippen molar-refractivity contribution in [3.63, 3.8) is 0 Å². The fraction of sp³-hybridized carbons (Fsp3) is 0.632. The number of hydrogen-bond acceptors (Lipinski definition) is 7. The van der Waals surface area contributed by atoms with Gasteiger partial charge in [-0.05, 0) is 47.7 Å². The van der Waals surface area contributed by atoms with Crippen molar-refractivity contribution in [2.75, 3.05) is 44.5 Å². The van der Waals surface area contributed by atoms with Crippen LogP contribution in [-0.2, 0) is 4.74 Å². The van der Waals surface area contributed by atoms with Gasteiger partial charge in [0, 0.05) is 31.3 Å². The van der Waals surface area contributed by atoms with Gasteiger partial charge in [0.1, 0.15) is 17.0 Å². The number of methoxy groups -OCH3 is 1. The largest absolute Gasteiger partial charge is 0.494 e. The Morgan fingerprint density at radius 1 is 1.29 bits per heavy atom. The second-order valence-electron chi connectivity index (χ2n) is 8.11. The molecule has 0 saturated carbocycles. The number of carbonyl (C=O) groups excluding carboxylic acids is 1. The average Bonchev–Trinajstić information content (AvgIpc) is 2.59. The first-order valence-electron chi connectivity index (χ1n) is 9.29. The summed E-state index contributed by atoms with van der Waals surface area (Å²) in [4.78, 5) is 27.5. The SMILES string of the molecule is COc1cc(N2CCC(N(C)C)CC2)c([N+](=O)[O-])cc1NC(=O)OC(C)(C)C. The number of hydrogen-bond donors (Lipinski definition) is 1. The highest BCUT2D eigenvalue weighted by atomic mass is 16.6. The van der Waals surface area contributed by atoms with Crippen LogP contribution in [0.1, 0.15) is 33.6 Å². The molecule has 156 valence electrons. The lowest BCUT2D eigenvalue weighted by Crippen LogP contribution is -2.42. The Labute approximate surface area is 165 Å². The lowest BCUT2D eigenvalue weighted by atomic mass is 10.0. The minimum Gasteiger partial charge on any atom is -0.494 e. The van der Waals surface area contributed by atoms with Crippen LogP contribution in [0.4, 0.5) is 21.9 Å². The molecule has 1 aromatic rings. The maximum Gasteiger partial charge on any atom is 0.412 e. The highest BCUT2D eigenvalue weighted by Gasteiger charge is 2.28. The first kappa shape index (κ1) is 21.7. The maximum atomic E-state index is 12.1. The van der Waals surface area contributed by atoms with Crippen LogP contribution < -0.4 is 15.0 Å². The fourth-order valence-electron chi connectivity index (χ4n) is 3.26. The highest BCUT2D eigenvalue weighted by molar-refractivity contribution is 5.89. The molecule has 1 saturated heterocycles.